The van der Waals surface area contributed by atoms with Gasteiger partial charge in [-0.05, 0) is 55.0 Å². The number of hydrogen-bond acceptors (Lipinski definition) is 6. The number of anilines is 2. The van der Waals surface area contributed by atoms with Crippen LogP contribution < -0.4 is 16.0 Å². The predicted molar refractivity (Wildman–Crippen MR) is 144 cm³/mol. The molecule has 0 bridgehead atoms. The second kappa shape index (κ2) is 8.17. The number of fused-ring (bicyclic) bond motifs is 1. The average Bonchev–Trinajstić information content (AvgIpc) is 3.52. The maximum Gasteiger partial charge on any atom is 0.165 e. The summed E-state index contributed by atoms with van der Waals surface area (Å²) in [6, 6.07) is 26.9. The fourth-order valence-electron chi connectivity index (χ4n) is 5.49. The molecule has 0 aliphatic carbocycles. The molecule has 7 nitrogen and oxygen atoms in total. The first-order chi connectivity index (χ1) is 17.7. The summed E-state index contributed by atoms with van der Waals surface area (Å²) < 4.78 is 2.10. The molecule has 0 radical (unpaired) electrons. The van der Waals surface area contributed by atoms with Crippen molar-refractivity contribution in [2.24, 2.45) is 5.41 Å². The van der Waals surface area contributed by atoms with Gasteiger partial charge in [0.25, 0.3) is 0 Å². The molecule has 36 heavy (non-hydrogen) atoms. The summed E-state index contributed by atoms with van der Waals surface area (Å²) in [5.41, 5.74) is 13.4. The molecule has 178 valence electrons. The number of nitrogens with one attached hydrogen (secondary N) is 1. The number of rotatable bonds is 4. The standard InChI is InChI=1S/C29H27N7/c30-26-23(7-4-15-32-26)27-34-25-13-12-24(20-5-2-1-3-6-20)33-28(25)36(27)22-10-8-21(9-11-22)35-16-14-29(19-35)17-31-18-29/h1-13,15,31H,14,16-19H2,(H2,30,32). The molecular weight excluding hydrogens is 446 g/mol. The number of pyridine rings is 2. The van der Waals surface area contributed by atoms with E-state index in [1.165, 1.54) is 12.1 Å². The van der Waals surface area contributed by atoms with Gasteiger partial charge in [-0.2, -0.15) is 0 Å². The molecule has 5 aromatic rings. The number of aromatic nitrogens is 4. The maximum atomic E-state index is 6.30. The lowest BCUT2D eigenvalue weighted by Gasteiger charge is -2.39. The lowest BCUT2D eigenvalue weighted by Crippen LogP contribution is -2.54. The van der Waals surface area contributed by atoms with Crippen LogP contribution in [-0.2, 0) is 0 Å². The van der Waals surface area contributed by atoms with Crippen molar-refractivity contribution in [3.63, 3.8) is 0 Å². The zero-order chi connectivity index (χ0) is 24.1. The van der Waals surface area contributed by atoms with Gasteiger partial charge in [0, 0.05) is 54.7 Å². The Bertz CT molecular complexity index is 1550. The molecule has 5 heterocycles. The molecule has 2 aliphatic heterocycles. The first-order valence-corrected chi connectivity index (χ1v) is 12.4. The van der Waals surface area contributed by atoms with Crippen LogP contribution in [-0.4, -0.2) is 45.7 Å². The third-order valence-corrected chi connectivity index (χ3v) is 7.56. The first kappa shape index (κ1) is 21.1. The van der Waals surface area contributed by atoms with Crippen LogP contribution in [0.25, 0.3) is 39.5 Å². The molecule has 0 saturated carbocycles. The molecule has 7 rings (SSSR count). The van der Waals surface area contributed by atoms with Gasteiger partial charge in [-0.3, -0.25) is 4.57 Å². The van der Waals surface area contributed by atoms with Crippen molar-refractivity contribution in [2.75, 3.05) is 36.8 Å². The van der Waals surface area contributed by atoms with Gasteiger partial charge in [0.2, 0.25) is 0 Å². The second-order valence-electron chi connectivity index (χ2n) is 9.90. The molecular formula is C29H27N7. The van der Waals surface area contributed by atoms with Gasteiger partial charge >= 0.3 is 0 Å². The molecule has 0 atom stereocenters. The van der Waals surface area contributed by atoms with Gasteiger partial charge in [-0.25, -0.2) is 15.0 Å². The summed E-state index contributed by atoms with van der Waals surface area (Å²) >= 11 is 0. The van der Waals surface area contributed by atoms with E-state index in [1.54, 1.807) is 6.20 Å². The topological polar surface area (TPSA) is 84.9 Å². The Labute approximate surface area is 209 Å². The van der Waals surface area contributed by atoms with Crippen LogP contribution in [0, 0.1) is 5.41 Å². The third kappa shape index (κ3) is 3.43. The lowest BCUT2D eigenvalue weighted by molar-refractivity contribution is 0.200. The van der Waals surface area contributed by atoms with Crippen LogP contribution in [0.4, 0.5) is 11.5 Å². The van der Waals surface area contributed by atoms with E-state index in [4.69, 9.17) is 15.7 Å². The lowest BCUT2D eigenvalue weighted by atomic mass is 9.81. The number of imidazole rings is 1. The number of hydrogen-bond donors (Lipinski definition) is 2. The zero-order valence-corrected chi connectivity index (χ0v) is 19.9. The molecule has 7 heteroatoms. The van der Waals surface area contributed by atoms with E-state index in [0.717, 1.165) is 65.7 Å². The maximum absolute atomic E-state index is 6.30. The largest absolute Gasteiger partial charge is 0.383 e. The fraction of sp³-hybridized carbons (Fsp3) is 0.207. The van der Waals surface area contributed by atoms with Crippen LogP contribution in [0.1, 0.15) is 6.42 Å². The van der Waals surface area contributed by atoms with Crippen molar-refractivity contribution in [1.82, 2.24) is 24.8 Å². The number of nitrogens with two attached hydrogens (primary N) is 1. The van der Waals surface area contributed by atoms with Gasteiger partial charge in [-0.15, -0.1) is 0 Å². The van der Waals surface area contributed by atoms with E-state index >= 15 is 0 Å². The van der Waals surface area contributed by atoms with Gasteiger partial charge in [0.05, 0.1) is 11.3 Å². The molecule has 2 aliphatic rings. The molecule has 0 amide bonds. The van der Waals surface area contributed by atoms with Crippen molar-refractivity contribution >= 4 is 22.7 Å². The summed E-state index contributed by atoms with van der Waals surface area (Å²) in [5, 5.41) is 3.44. The summed E-state index contributed by atoms with van der Waals surface area (Å²) in [7, 11) is 0. The van der Waals surface area contributed by atoms with Gasteiger partial charge in [0.15, 0.2) is 11.5 Å². The van der Waals surface area contributed by atoms with Crippen molar-refractivity contribution in [3.8, 4) is 28.3 Å². The fourth-order valence-corrected chi connectivity index (χ4v) is 5.49. The van der Waals surface area contributed by atoms with Crippen molar-refractivity contribution in [1.29, 1.82) is 0 Å². The van der Waals surface area contributed by atoms with Crippen LogP contribution >= 0.6 is 0 Å². The normalized spacial score (nSPS) is 16.5. The highest BCUT2D eigenvalue weighted by molar-refractivity contribution is 5.84. The Morgan fingerprint density at radius 1 is 0.833 bits per heavy atom. The van der Waals surface area contributed by atoms with E-state index in [-0.39, 0.29) is 0 Å². The van der Waals surface area contributed by atoms with E-state index in [9.17, 15) is 0 Å². The van der Waals surface area contributed by atoms with Crippen LogP contribution in [0.2, 0.25) is 0 Å². The molecule has 2 aromatic carbocycles. The quantitative estimate of drug-likeness (QED) is 0.399. The Morgan fingerprint density at radius 2 is 1.64 bits per heavy atom. The summed E-state index contributed by atoms with van der Waals surface area (Å²) in [6.07, 6.45) is 2.96. The van der Waals surface area contributed by atoms with E-state index in [2.05, 4.69) is 56.2 Å². The Balaban J connectivity index is 1.35. The SMILES string of the molecule is Nc1ncccc1-c1nc2ccc(-c3ccccc3)nc2n1-c1ccc(N2CCC3(CNC3)C2)cc1. The van der Waals surface area contributed by atoms with Gasteiger partial charge < -0.3 is 16.0 Å². The summed E-state index contributed by atoms with van der Waals surface area (Å²) in [4.78, 5) is 16.8. The highest BCUT2D eigenvalue weighted by atomic mass is 15.2. The van der Waals surface area contributed by atoms with Crippen LogP contribution in [0.5, 0.6) is 0 Å². The molecule has 0 unspecified atom stereocenters. The monoisotopic (exact) mass is 473 g/mol. The summed E-state index contributed by atoms with van der Waals surface area (Å²) in [5.74, 6) is 1.19. The minimum Gasteiger partial charge on any atom is -0.383 e. The summed E-state index contributed by atoms with van der Waals surface area (Å²) in [6.45, 7) is 4.49. The minimum atomic E-state index is 0.449. The molecule has 3 aromatic heterocycles. The average molecular weight is 474 g/mol. The van der Waals surface area contributed by atoms with Gasteiger partial charge in [-0.1, -0.05) is 30.3 Å². The Morgan fingerprint density at radius 3 is 2.36 bits per heavy atom. The third-order valence-electron chi connectivity index (χ3n) is 7.56. The van der Waals surface area contributed by atoms with Crippen molar-refractivity contribution < 1.29 is 0 Å². The highest BCUT2D eigenvalue weighted by Gasteiger charge is 2.42. The molecule has 3 N–H and O–H groups in total. The van der Waals surface area contributed by atoms with Crippen LogP contribution in [0.15, 0.2) is 85.1 Å². The van der Waals surface area contributed by atoms with Crippen LogP contribution in [0.3, 0.4) is 0 Å². The molecule has 1 spiro atoms. The number of nitrogens with zero attached hydrogens (tertiary/aromatic N) is 5. The smallest absolute Gasteiger partial charge is 0.165 e. The molecule has 2 fully saturated rings. The highest BCUT2D eigenvalue weighted by Crippen LogP contribution is 2.37. The predicted octanol–water partition coefficient (Wildman–Crippen LogP) is 4.53. The van der Waals surface area contributed by atoms with E-state index in [0.29, 0.717) is 11.2 Å². The van der Waals surface area contributed by atoms with Crippen molar-refractivity contribution in [2.45, 2.75) is 6.42 Å². The van der Waals surface area contributed by atoms with Crippen molar-refractivity contribution in [3.05, 3.63) is 85.1 Å². The zero-order valence-electron chi connectivity index (χ0n) is 19.9. The number of nitrogen functional groups attached to an aromatic ring is 1. The number of benzene rings is 2. The Kier molecular flexibility index (Phi) is 4.79. The first-order valence-electron chi connectivity index (χ1n) is 12.4. The van der Waals surface area contributed by atoms with Gasteiger partial charge in [0.1, 0.15) is 11.3 Å². The Hall–Kier alpha value is -4.23. The minimum absolute atomic E-state index is 0.449. The van der Waals surface area contributed by atoms with E-state index in [1.807, 2.05) is 42.5 Å². The molecule has 2 saturated heterocycles. The van der Waals surface area contributed by atoms with E-state index < -0.39 is 0 Å². The second-order valence-corrected chi connectivity index (χ2v) is 9.90.